The highest BCUT2D eigenvalue weighted by atomic mass is 14.7. The van der Waals surface area contributed by atoms with Crippen LogP contribution in [0.2, 0.25) is 0 Å². The molecule has 0 saturated carbocycles. The number of benzene rings is 7. The van der Waals surface area contributed by atoms with Crippen LogP contribution in [0.4, 0.5) is 5.69 Å². The van der Waals surface area contributed by atoms with Gasteiger partial charge in [-0.15, -0.1) is 0 Å². The van der Waals surface area contributed by atoms with Gasteiger partial charge in [0.15, 0.2) is 5.69 Å². The van der Waals surface area contributed by atoms with E-state index in [-0.39, 0.29) is 0 Å². The molecule has 6 heteroatoms. The van der Waals surface area contributed by atoms with Crippen molar-refractivity contribution in [2.75, 3.05) is 0 Å². The number of aromatic nitrogens is 3. The van der Waals surface area contributed by atoms with Crippen molar-refractivity contribution in [2.45, 2.75) is 0 Å². The van der Waals surface area contributed by atoms with Gasteiger partial charge in [0.05, 0.1) is 46.9 Å². The highest BCUT2D eigenvalue weighted by molar-refractivity contribution is 5.94. The minimum absolute atomic E-state index is 0.597. The van der Waals surface area contributed by atoms with Crippen LogP contribution < -0.4 is 0 Å². The molecule has 10 aromatic rings. The predicted molar refractivity (Wildman–Crippen MR) is 264 cm³/mol. The van der Waals surface area contributed by atoms with Gasteiger partial charge in [-0.2, -0.15) is 10.5 Å². The molecule has 3 heterocycles. The Kier molecular flexibility index (Phi) is 11.1. The monoisotopic (exact) mass is 840 g/mol. The average molecular weight is 841 g/mol. The van der Waals surface area contributed by atoms with E-state index in [9.17, 15) is 10.5 Å². The van der Waals surface area contributed by atoms with Crippen molar-refractivity contribution in [2.24, 2.45) is 0 Å². The fourth-order valence-corrected chi connectivity index (χ4v) is 8.36. The molecule has 0 fully saturated rings. The fraction of sp³-hybridized carbons (Fsp3) is 0. The van der Waals surface area contributed by atoms with Gasteiger partial charge in [0.2, 0.25) is 0 Å². The van der Waals surface area contributed by atoms with Gasteiger partial charge in [-0.3, -0.25) is 15.0 Å². The lowest BCUT2D eigenvalue weighted by molar-refractivity contribution is 1.32. The number of nitriles is 2. The molecule has 0 aliphatic carbocycles. The van der Waals surface area contributed by atoms with E-state index in [1.165, 1.54) is 0 Å². The van der Waals surface area contributed by atoms with E-state index in [0.29, 0.717) is 16.8 Å². The van der Waals surface area contributed by atoms with Crippen LogP contribution in [0.5, 0.6) is 0 Å². The van der Waals surface area contributed by atoms with E-state index >= 15 is 0 Å². The first-order valence-corrected chi connectivity index (χ1v) is 21.4. The number of pyridine rings is 3. The molecule has 6 nitrogen and oxygen atoms in total. The Labute approximate surface area is 383 Å². The quantitative estimate of drug-likeness (QED) is 0.135. The van der Waals surface area contributed by atoms with Gasteiger partial charge in [0.25, 0.3) is 0 Å². The Bertz CT molecular complexity index is 3110. The molecule has 0 unspecified atom stereocenters. The maximum atomic E-state index is 9.31. The smallest absolute Gasteiger partial charge is 0.187 e. The van der Waals surface area contributed by atoms with Crippen molar-refractivity contribution >= 4 is 5.69 Å². The maximum absolute atomic E-state index is 9.31. The highest BCUT2D eigenvalue weighted by Crippen LogP contribution is 2.42. The number of rotatable bonds is 9. The van der Waals surface area contributed by atoms with Gasteiger partial charge in [0.1, 0.15) is 0 Å². The standard InChI is InChI=1S/C60H36N6/c1-63-51-27-22-44(23-28-51)60-31-26-47(39-66-60)54-10-4-7-13-57(54)50-33-48(55-11-5-2-8-52(55)45-24-29-58(64-37-45)42-18-14-40(35-61)15-19-42)32-49(34-50)56-12-6-3-9-53(56)46-25-30-59(65-38-46)43-20-16-41(36-62)17-21-43/h2-34,37-39H. The van der Waals surface area contributed by atoms with Gasteiger partial charge in [-0.05, 0) is 116 Å². The van der Waals surface area contributed by atoms with Crippen molar-refractivity contribution in [1.82, 2.24) is 15.0 Å². The summed E-state index contributed by atoms with van der Waals surface area (Å²) in [6, 6.07) is 71.5. The van der Waals surface area contributed by atoms with E-state index in [1.54, 1.807) is 0 Å². The lowest BCUT2D eigenvalue weighted by Crippen LogP contribution is -1.93. The zero-order valence-electron chi connectivity index (χ0n) is 35.5. The normalized spacial score (nSPS) is 10.7. The Morgan fingerprint density at radius 2 is 0.591 bits per heavy atom. The minimum Gasteiger partial charge on any atom is -0.256 e. The van der Waals surface area contributed by atoms with Crippen molar-refractivity contribution in [1.29, 1.82) is 10.5 Å². The molecule has 0 atom stereocenters. The molecule has 66 heavy (non-hydrogen) atoms. The van der Waals surface area contributed by atoms with Crippen LogP contribution in [-0.2, 0) is 0 Å². The molecule has 306 valence electrons. The summed E-state index contributed by atoms with van der Waals surface area (Å²) in [5.74, 6) is 0. The van der Waals surface area contributed by atoms with Crippen LogP contribution in [0.15, 0.2) is 219 Å². The molecule has 0 radical (unpaired) electrons. The first-order chi connectivity index (χ1) is 32.5. The largest absolute Gasteiger partial charge is 0.256 e. The topological polar surface area (TPSA) is 90.6 Å². The van der Waals surface area contributed by atoms with Gasteiger partial charge >= 0.3 is 0 Å². The van der Waals surface area contributed by atoms with Crippen LogP contribution in [-0.4, -0.2) is 15.0 Å². The third-order valence-corrected chi connectivity index (χ3v) is 11.8. The van der Waals surface area contributed by atoms with Gasteiger partial charge in [-0.25, -0.2) is 4.85 Å². The van der Waals surface area contributed by atoms with Crippen LogP contribution in [0.1, 0.15) is 11.1 Å². The SMILES string of the molecule is [C-]#[N+]c1ccc(-c2ccc(-c3ccccc3-c3cc(-c4ccccc4-c4ccc(-c5ccc(C#N)cc5)nc4)cc(-c4ccccc4-c4ccc(-c5ccc(C#N)cc5)nc4)c3)cn2)cc1. The second-order valence-corrected chi connectivity index (χ2v) is 15.8. The third kappa shape index (κ3) is 8.24. The molecule has 0 saturated heterocycles. The molecule has 10 rings (SSSR count). The van der Waals surface area contributed by atoms with Gasteiger partial charge < -0.3 is 0 Å². The van der Waals surface area contributed by atoms with Gasteiger partial charge in [-0.1, -0.05) is 140 Å². The predicted octanol–water partition coefficient (Wildman–Crippen LogP) is 15.2. The molecule has 0 bridgehead atoms. The van der Waals surface area contributed by atoms with Crippen molar-refractivity contribution in [3.05, 3.63) is 241 Å². The summed E-state index contributed by atoms with van der Waals surface area (Å²) in [5, 5.41) is 18.6. The molecule has 0 aliphatic rings. The highest BCUT2D eigenvalue weighted by Gasteiger charge is 2.17. The van der Waals surface area contributed by atoms with E-state index in [2.05, 4.69) is 126 Å². The Hall–Kier alpha value is -9.54. The Morgan fingerprint density at radius 3 is 0.848 bits per heavy atom. The zero-order valence-corrected chi connectivity index (χ0v) is 35.5. The molecular formula is C60H36N6. The van der Waals surface area contributed by atoms with E-state index in [0.717, 1.165) is 101 Å². The summed E-state index contributed by atoms with van der Waals surface area (Å²) in [6.07, 6.45) is 5.77. The molecule has 0 spiro atoms. The second-order valence-electron chi connectivity index (χ2n) is 15.8. The minimum atomic E-state index is 0.597. The van der Waals surface area contributed by atoms with Crippen molar-refractivity contribution in [3.8, 4) is 113 Å². The number of nitrogens with zero attached hydrogens (tertiary/aromatic N) is 6. The van der Waals surface area contributed by atoms with Crippen molar-refractivity contribution < 1.29 is 0 Å². The summed E-state index contributed by atoms with van der Waals surface area (Å²) in [6.45, 7) is 7.34. The van der Waals surface area contributed by atoms with E-state index < -0.39 is 0 Å². The Balaban J connectivity index is 1.09. The molecule has 0 aliphatic heterocycles. The summed E-state index contributed by atoms with van der Waals surface area (Å²) in [4.78, 5) is 18.2. The lowest BCUT2D eigenvalue weighted by Gasteiger charge is -2.18. The first-order valence-electron chi connectivity index (χ1n) is 21.4. The fourth-order valence-electron chi connectivity index (χ4n) is 8.36. The van der Waals surface area contributed by atoms with Crippen molar-refractivity contribution in [3.63, 3.8) is 0 Å². The van der Waals surface area contributed by atoms with E-state index in [1.807, 2.05) is 110 Å². The zero-order chi connectivity index (χ0) is 44.8. The average Bonchev–Trinajstić information content (AvgIpc) is 3.41. The molecule has 7 aromatic carbocycles. The van der Waals surface area contributed by atoms with Crippen LogP contribution in [0.25, 0.3) is 105 Å². The van der Waals surface area contributed by atoms with Crippen LogP contribution in [0.3, 0.4) is 0 Å². The van der Waals surface area contributed by atoms with Crippen LogP contribution >= 0.6 is 0 Å². The third-order valence-electron chi connectivity index (χ3n) is 11.8. The molecule has 0 amide bonds. The second kappa shape index (κ2) is 18.1. The summed E-state index contributed by atoms with van der Waals surface area (Å²) >= 11 is 0. The lowest BCUT2D eigenvalue weighted by atomic mass is 9.86. The maximum Gasteiger partial charge on any atom is 0.187 e. The molecular weight excluding hydrogens is 805 g/mol. The van der Waals surface area contributed by atoms with Gasteiger partial charge in [0, 0.05) is 46.4 Å². The number of hydrogen-bond acceptors (Lipinski definition) is 5. The number of hydrogen-bond donors (Lipinski definition) is 0. The summed E-state index contributed by atoms with van der Waals surface area (Å²) in [7, 11) is 0. The summed E-state index contributed by atoms with van der Waals surface area (Å²) in [5.41, 5.74) is 19.6. The van der Waals surface area contributed by atoms with E-state index in [4.69, 9.17) is 21.5 Å². The molecule has 3 aromatic heterocycles. The molecule has 0 N–H and O–H groups in total. The first kappa shape index (κ1) is 40.5. The van der Waals surface area contributed by atoms with Crippen LogP contribution in [0, 0.1) is 29.2 Å². The summed E-state index contributed by atoms with van der Waals surface area (Å²) < 4.78 is 0. The Morgan fingerprint density at radius 1 is 0.318 bits per heavy atom.